The normalized spacial score (nSPS) is 11.7. The summed E-state index contributed by atoms with van der Waals surface area (Å²) < 4.78 is 10.4. The number of methoxy groups -OCH3 is 2. The van der Waals surface area contributed by atoms with Crippen LogP contribution in [0.1, 0.15) is 22.3 Å². The van der Waals surface area contributed by atoms with Crippen molar-refractivity contribution in [3.8, 4) is 5.75 Å². The number of carbonyl (C=O) groups excluding carboxylic acids is 2. The molecule has 0 fully saturated rings. The first kappa shape index (κ1) is 27.1. The number of ether oxygens (including phenoxy) is 2. The van der Waals surface area contributed by atoms with E-state index in [4.69, 9.17) is 9.47 Å². The Labute approximate surface area is 226 Å². The highest BCUT2D eigenvalue weighted by molar-refractivity contribution is 5.98. The van der Waals surface area contributed by atoms with Gasteiger partial charge in [0.25, 0.3) is 5.69 Å². The van der Waals surface area contributed by atoms with Crippen LogP contribution >= 0.6 is 0 Å². The summed E-state index contributed by atoms with van der Waals surface area (Å²) in [5.74, 6) is -0.796. The van der Waals surface area contributed by atoms with Gasteiger partial charge in [0.1, 0.15) is 17.2 Å². The van der Waals surface area contributed by atoms with Gasteiger partial charge in [-0.05, 0) is 22.8 Å². The summed E-state index contributed by atoms with van der Waals surface area (Å²) in [7, 11) is 2.66. The maximum Gasteiger partial charge on any atom is 0.328 e. The van der Waals surface area contributed by atoms with Crippen molar-refractivity contribution < 1.29 is 24.0 Å². The van der Waals surface area contributed by atoms with Crippen molar-refractivity contribution in [2.45, 2.75) is 17.9 Å². The molecule has 0 bridgehead atoms. The Balaban J connectivity index is 1.85. The fourth-order valence-corrected chi connectivity index (χ4v) is 4.82. The summed E-state index contributed by atoms with van der Waals surface area (Å²) in [6.45, 7) is 0. The summed E-state index contributed by atoms with van der Waals surface area (Å²) >= 11 is 0. The van der Waals surface area contributed by atoms with E-state index in [2.05, 4.69) is 5.32 Å². The van der Waals surface area contributed by atoms with Crippen LogP contribution in [0.3, 0.4) is 0 Å². The molecule has 39 heavy (non-hydrogen) atoms. The Bertz CT molecular complexity index is 1350. The molecule has 4 aromatic carbocycles. The van der Waals surface area contributed by atoms with Gasteiger partial charge in [-0.3, -0.25) is 14.9 Å². The van der Waals surface area contributed by atoms with Gasteiger partial charge >= 0.3 is 5.97 Å². The lowest BCUT2D eigenvalue weighted by Gasteiger charge is -2.35. The zero-order valence-electron chi connectivity index (χ0n) is 21.6. The first-order valence-electron chi connectivity index (χ1n) is 12.3. The minimum atomic E-state index is -1.32. The largest absolute Gasteiger partial charge is 0.496 e. The highest BCUT2D eigenvalue weighted by Gasteiger charge is 2.45. The molecule has 1 N–H and O–H groups in total. The van der Waals surface area contributed by atoms with Crippen LogP contribution in [0.25, 0.3) is 0 Å². The van der Waals surface area contributed by atoms with E-state index in [9.17, 15) is 19.7 Å². The number of benzene rings is 4. The van der Waals surface area contributed by atoms with Crippen LogP contribution < -0.4 is 10.1 Å². The first-order valence-corrected chi connectivity index (χ1v) is 12.3. The van der Waals surface area contributed by atoms with Crippen LogP contribution in [-0.2, 0) is 26.2 Å². The second-order valence-electron chi connectivity index (χ2n) is 8.85. The predicted molar refractivity (Wildman–Crippen MR) is 147 cm³/mol. The summed E-state index contributed by atoms with van der Waals surface area (Å²) in [6.07, 6.45) is -0.0856. The molecule has 1 atom stereocenters. The molecule has 0 saturated heterocycles. The van der Waals surface area contributed by atoms with Crippen LogP contribution in [0, 0.1) is 10.1 Å². The van der Waals surface area contributed by atoms with Gasteiger partial charge < -0.3 is 14.8 Å². The highest BCUT2D eigenvalue weighted by atomic mass is 16.6. The lowest BCUT2D eigenvalue weighted by molar-refractivity contribution is -0.384. The predicted octanol–water partition coefficient (Wildman–Crippen LogP) is 4.84. The van der Waals surface area contributed by atoms with Crippen molar-refractivity contribution in [3.63, 3.8) is 0 Å². The molecule has 0 radical (unpaired) electrons. The number of nitrogens with one attached hydrogen (secondary N) is 1. The number of amides is 1. The van der Waals surface area contributed by atoms with E-state index in [0.29, 0.717) is 28.0 Å². The molecule has 0 aliphatic carbocycles. The maximum absolute atomic E-state index is 14.6. The highest BCUT2D eigenvalue weighted by Crippen LogP contribution is 2.40. The van der Waals surface area contributed by atoms with E-state index >= 15 is 0 Å². The zero-order chi connectivity index (χ0) is 27.8. The molecule has 4 aromatic rings. The molecule has 0 aromatic heterocycles. The average molecular weight is 525 g/mol. The van der Waals surface area contributed by atoms with Gasteiger partial charge in [0.2, 0.25) is 5.91 Å². The van der Waals surface area contributed by atoms with Gasteiger partial charge in [-0.1, -0.05) is 91.0 Å². The van der Waals surface area contributed by atoms with Gasteiger partial charge in [-0.2, -0.15) is 0 Å². The monoisotopic (exact) mass is 524 g/mol. The van der Waals surface area contributed by atoms with E-state index in [0.717, 1.165) is 0 Å². The van der Waals surface area contributed by atoms with Crippen LogP contribution in [0.15, 0.2) is 109 Å². The maximum atomic E-state index is 14.6. The summed E-state index contributed by atoms with van der Waals surface area (Å²) in [6, 6.07) is 30.9. The van der Waals surface area contributed by atoms with Crippen LogP contribution in [0.2, 0.25) is 0 Å². The van der Waals surface area contributed by atoms with Crippen molar-refractivity contribution >= 4 is 17.6 Å². The number of hydrogen-bond donors (Lipinski definition) is 1. The standard InChI is InChI=1S/C31H28N2O6/c1-38-28-19-18-26(33(36)37)20-22(28)21-27(29(34)39-2)32-30(35)31(23-12-6-3-7-13-23,24-14-8-4-9-15-24)25-16-10-5-11-17-25/h3-20,27H,21H2,1-2H3,(H,32,35)/t27-/m1/s1. The molecule has 4 rings (SSSR count). The summed E-state index contributed by atoms with van der Waals surface area (Å²) in [5.41, 5.74) is 1.02. The van der Waals surface area contributed by atoms with Gasteiger partial charge in [-0.15, -0.1) is 0 Å². The van der Waals surface area contributed by atoms with Crippen molar-refractivity contribution in [2.24, 2.45) is 0 Å². The third-order valence-corrected chi connectivity index (χ3v) is 6.65. The van der Waals surface area contributed by atoms with Crippen LogP contribution in [-0.4, -0.2) is 37.1 Å². The smallest absolute Gasteiger partial charge is 0.328 e. The second kappa shape index (κ2) is 12.0. The summed E-state index contributed by atoms with van der Waals surface area (Å²) in [5, 5.41) is 14.3. The molecule has 0 heterocycles. The van der Waals surface area contributed by atoms with Crippen LogP contribution in [0.4, 0.5) is 5.69 Å². The molecule has 0 aliphatic heterocycles. The zero-order valence-corrected chi connectivity index (χ0v) is 21.6. The lowest BCUT2D eigenvalue weighted by Crippen LogP contribution is -2.52. The Hall–Kier alpha value is -4.98. The minimum Gasteiger partial charge on any atom is -0.496 e. The number of carbonyl (C=O) groups is 2. The van der Waals surface area contributed by atoms with Gasteiger partial charge in [0.05, 0.1) is 19.1 Å². The SMILES string of the molecule is COC(=O)[C@@H](Cc1cc([N+](=O)[O-])ccc1OC)NC(=O)C(c1ccccc1)(c1ccccc1)c1ccccc1. The second-order valence-corrected chi connectivity index (χ2v) is 8.85. The van der Waals surface area contributed by atoms with Crippen molar-refractivity contribution in [1.29, 1.82) is 0 Å². The van der Waals surface area contributed by atoms with E-state index in [1.807, 2.05) is 91.0 Å². The van der Waals surface area contributed by atoms with E-state index in [1.54, 1.807) is 0 Å². The lowest BCUT2D eigenvalue weighted by atomic mass is 9.68. The number of nitro groups is 1. The number of nitro benzene ring substituents is 1. The van der Waals surface area contributed by atoms with E-state index in [1.165, 1.54) is 32.4 Å². The Morgan fingerprint density at radius 2 is 1.31 bits per heavy atom. The van der Waals surface area contributed by atoms with Crippen molar-refractivity contribution in [1.82, 2.24) is 5.32 Å². The number of esters is 1. The topological polar surface area (TPSA) is 108 Å². The first-order chi connectivity index (χ1) is 18.9. The number of nitrogens with zero attached hydrogens (tertiary/aromatic N) is 1. The van der Waals surface area contributed by atoms with Gasteiger partial charge in [0, 0.05) is 24.1 Å². The van der Waals surface area contributed by atoms with Gasteiger partial charge in [-0.25, -0.2) is 4.79 Å². The van der Waals surface area contributed by atoms with E-state index in [-0.39, 0.29) is 12.1 Å². The summed E-state index contributed by atoms with van der Waals surface area (Å²) in [4.78, 5) is 38.4. The van der Waals surface area contributed by atoms with Gasteiger partial charge in [0.15, 0.2) is 0 Å². The minimum absolute atomic E-state index is 0.0856. The Morgan fingerprint density at radius 3 is 1.72 bits per heavy atom. The fraction of sp³-hybridized carbons (Fsp3) is 0.161. The molecule has 8 heteroatoms. The molecular weight excluding hydrogens is 496 g/mol. The molecule has 198 valence electrons. The Kier molecular flexibility index (Phi) is 8.36. The Morgan fingerprint density at radius 1 is 0.821 bits per heavy atom. The number of rotatable bonds is 10. The molecule has 8 nitrogen and oxygen atoms in total. The van der Waals surface area contributed by atoms with Crippen molar-refractivity contribution in [3.05, 3.63) is 142 Å². The third-order valence-electron chi connectivity index (χ3n) is 6.65. The third kappa shape index (κ3) is 5.50. The quantitative estimate of drug-likeness (QED) is 0.138. The van der Waals surface area contributed by atoms with Crippen molar-refractivity contribution in [2.75, 3.05) is 14.2 Å². The molecular formula is C31H28N2O6. The molecule has 1 amide bonds. The fourth-order valence-electron chi connectivity index (χ4n) is 4.82. The average Bonchev–Trinajstić information content (AvgIpc) is 2.98. The van der Waals surface area contributed by atoms with Crippen LogP contribution in [0.5, 0.6) is 5.75 Å². The molecule has 0 unspecified atom stereocenters. The molecule has 0 spiro atoms. The number of hydrogen-bond acceptors (Lipinski definition) is 6. The molecule has 0 saturated carbocycles. The van der Waals surface area contributed by atoms with E-state index < -0.39 is 28.3 Å². The number of non-ortho nitro benzene ring substituents is 1. The molecule has 0 aliphatic rings.